The van der Waals surface area contributed by atoms with Gasteiger partial charge in [-0.2, -0.15) is 0 Å². The Bertz CT molecular complexity index is 641. The summed E-state index contributed by atoms with van der Waals surface area (Å²) in [6, 6.07) is 5.96. The van der Waals surface area contributed by atoms with Crippen molar-refractivity contribution in [2.45, 2.75) is 19.9 Å². The van der Waals surface area contributed by atoms with E-state index in [0.717, 1.165) is 6.07 Å². The summed E-state index contributed by atoms with van der Waals surface area (Å²) in [5.74, 6) is 3.70. The molecule has 2 nitrogen and oxygen atoms in total. The molecule has 3 N–H and O–H groups in total. The average Bonchev–Trinajstić information content (AvgIpc) is 2.40. The number of nitrogens with two attached hydrogens (primary N) is 1. The summed E-state index contributed by atoms with van der Waals surface area (Å²) in [7, 11) is 0. The molecule has 0 aliphatic rings. The molecule has 0 bridgehead atoms. The summed E-state index contributed by atoms with van der Waals surface area (Å²) in [5, 5.41) is 0. The molecule has 0 saturated heterocycles. The molecule has 20 heavy (non-hydrogen) atoms. The van der Waals surface area contributed by atoms with Crippen LogP contribution in [0.3, 0.4) is 0 Å². The Morgan fingerprint density at radius 1 is 0.900 bits per heavy atom. The van der Waals surface area contributed by atoms with E-state index in [1.54, 1.807) is 19.1 Å². The molecule has 0 fully saturated rings. The summed E-state index contributed by atoms with van der Waals surface area (Å²) in [4.78, 5) is 0. The van der Waals surface area contributed by atoms with Crippen LogP contribution >= 0.6 is 0 Å². The number of halogens is 3. The zero-order chi connectivity index (χ0) is 14.9. The fraction of sp³-hybridized carbons (Fsp3) is 0.200. The van der Waals surface area contributed by atoms with Crippen molar-refractivity contribution in [3.8, 4) is 0 Å². The van der Waals surface area contributed by atoms with Gasteiger partial charge in [-0.1, -0.05) is 12.1 Å². The van der Waals surface area contributed by atoms with Gasteiger partial charge >= 0.3 is 0 Å². The van der Waals surface area contributed by atoms with E-state index >= 15 is 0 Å². The first-order valence-electron chi connectivity index (χ1n) is 6.11. The molecule has 1 unspecified atom stereocenters. The molecule has 0 amide bonds. The number of nitrogens with one attached hydrogen (secondary N) is 1. The second-order valence-electron chi connectivity index (χ2n) is 4.73. The van der Waals surface area contributed by atoms with E-state index in [4.69, 9.17) is 5.84 Å². The van der Waals surface area contributed by atoms with Crippen LogP contribution < -0.4 is 11.3 Å². The van der Waals surface area contributed by atoms with Gasteiger partial charge in [-0.3, -0.25) is 5.84 Å². The Labute approximate surface area is 115 Å². The van der Waals surface area contributed by atoms with Crippen LogP contribution in [-0.4, -0.2) is 0 Å². The van der Waals surface area contributed by atoms with E-state index in [1.165, 1.54) is 19.1 Å². The van der Waals surface area contributed by atoms with E-state index in [1.807, 2.05) is 0 Å². The molecule has 2 aromatic rings. The molecule has 0 radical (unpaired) electrons. The van der Waals surface area contributed by atoms with E-state index in [0.29, 0.717) is 16.7 Å². The minimum Gasteiger partial charge on any atom is -0.271 e. The molecule has 0 spiro atoms. The number of rotatable bonds is 3. The molecule has 2 rings (SSSR count). The zero-order valence-electron chi connectivity index (χ0n) is 11.2. The van der Waals surface area contributed by atoms with Gasteiger partial charge in [0.15, 0.2) is 0 Å². The first kappa shape index (κ1) is 14.6. The predicted octanol–water partition coefficient (Wildman–Crippen LogP) is 3.27. The largest absolute Gasteiger partial charge is 0.271 e. The van der Waals surface area contributed by atoms with Crippen LogP contribution in [0.2, 0.25) is 0 Å². The van der Waals surface area contributed by atoms with Crippen LogP contribution in [0, 0.1) is 31.3 Å². The number of benzene rings is 2. The predicted molar refractivity (Wildman–Crippen MR) is 71.4 cm³/mol. The fourth-order valence-electron chi connectivity index (χ4n) is 2.06. The van der Waals surface area contributed by atoms with Crippen LogP contribution in [0.1, 0.15) is 28.3 Å². The lowest BCUT2D eigenvalue weighted by molar-refractivity contribution is 0.535. The molecule has 106 valence electrons. The third kappa shape index (κ3) is 2.69. The second-order valence-corrected chi connectivity index (χ2v) is 4.73. The lowest BCUT2D eigenvalue weighted by Gasteiger charge is -2.19. The maximum atomic E-state index is 13.9. The highest BCUT2D eigenvalue weighted by Crippen LogP contribution is 2.27. The molecule has 0 heterocycles. The molecule has 0 aliphatic heterocycles. The van der Waals surface area contributed by atoms with Gasteiger partial charge in [0.2, 0.25) is 0 Å². The summed E-state index contributed by atoms with van der Waals surface area (Å²) >= 11 is 0. The fourth-order valence-corrected chi connectivity index (χ4v) is 2.06. The van der Waals surface area contributed by atoms with Crippen LogP contribution in [-0.2, 0) is 0 Å². The third-order valence-electron chi connectivity index (χ3n) is 3.28. The van der Waals surface area contributed by atoms with Gasteiger partial charge in [0.05, 0.1) is 6.04 Å². The number of aryl methyl sites for hydroxylation is 2. The highest BCUT2D eigenvalue weighted by molar-refractivity contribution is 5.37. The van der Waals surface area contributed by atoms with Crippen molar-refractivity contribution in [2.75, 3.05) is 0 Å². The van der Waals surface area contributed by atoms with Crippen LogP contribution in [0.4, 0.5) is 13.2 Å². The molecule has 0 saturated carbocycles. The smallest absolute Gasteiger partial charge is 0.131 e. The zero-order valence-corrected chi connectivity index (χ0v) is 11.2. The van der Waals surface area contributed by atoms with Crippen molar-refractivity contribution >= 4 is 0 Å². The maximum absolute atomic E-state index is 13.9. The van der Waals surface area contributed by atoms with Crippen molar-refractivity contribution in [2.24, 2.45) is 5.84 Å². The second kappa shape index (κ2) is 5.64. The monoisotopic (exact) mass is 280 g/mol. The van der Waals surface area contributed by atoms with E-state index in [9.17, 15) is 13.2 Å². The van der Waals surface area contributed by atoms with Crippen molar-refractivity contribution in [3.63, 3.8) is 0 Å². The first-order chi connectivity index (χ1) is 9.43. The van der Waals surface area contributed by atoms with Crippen LogP contribution in [0.5, 0.6) is 0 Å². The SMILES string of the molecule is Cc1ccc(C(NN)c2cc(C)c(F)cc2F)cc1F. The molecular weight excluding hydrogens is 265 g/mol. The molecular formula is C15H15F3N2. The van der Waals surface area contributed by atoms with E-state index < -0.39 is 23.5 Å². The van der Waals surface area contributed by atoms with E-state index in [2.05, 4.69) is 5.43 Å². The number of hydrogen-bond donors (Lipinski definition) is 2. The van der Waals surface area contributed by atoms with Gasteiger partial charge < -0.3 is 0 Å². The summed E-state index contributed by atoms with van der Waals surface area (Å²) in [5.41, 5.74) is 3.87. The lowest BCUT2D eigenvalue weighted by atomic mass is 9.96. The van der Waals surface area contributed by atoms with Crippen molar-refractivity contribution in [1.29, 1.82) is 0 Å². The standard InChI is InChI=1S/C15H15F3N2/c1-8-3-4-10(6-12(8)16)15(20-19)11-5-9(2)13(17)7-14(11)18/h3-7,15,20H,19H2,1-2H3. The molecule has 0 aromatic heterocycles. The molecule has 5 heteroatoms. The molecule has 2 aromatic carbocycles. The van der Waals surface area contributed by atoms with Crippen molar-refractivity contribution < 1.29 is 13.2 Å². The highest BCUT2D eigenvalue weighted by Gasteiger charge is 2.19. The Morgan fingerprint density at radius 2 is 1.55 bits per heavy atom. The molecule has 1 atom stereocenters. The minimum atomic E-state index is -0.746. The van der Waals surface area contributed by atoms with Crippen molar-refractivity contribution in [3.05, 3.63) is 70.0 Å². The van der Waals surface area contributed by atoms with Crippen molar-refractivity contribution in [1.82, 2.24) is 5.43 Å². The molecule has 0 aliphatic carbocycles. The first-order valence-corrected chi connectivity index (χ1v) is 6.11. The summed E-state index contributed by atoms with van der Waals surface area (Å²) in [6.45, 7) is 3.16. The van der Waals surface area contributed by atoms with Crippen LogP contribution in [0.15, 0.2) is 30.3 Å². The van der Waals surface area contributed by atoms with E-state index in [-0.39, 0.29) is 5.56 Å². The van der Waals surface area contributed by atoms with Gasteiger partial charge in [-0.15, -0.1) is 0 Å². The normalized spacial score (nSPS) is 12.5. The Morgan fingerprint density at radius 3 is 2.15 bits per heavy atom. The number of hydrogen-bond acceptors (Lipinski definition) is 2. The Hall–Kier alpha value is -1.85. The topological polar surface area (TPSA) is 38.0 Å². The van der Waals surface area contributed by atoms with Gasteiger partial charge in [0.25, 0.3) is 0 Å². The van der Waals surface area contributed by atoms with Gasteiger partial charge in [0, 0.05) is 11.6 Å². The lowest BCUT2D eigenvalue weighted by Crippen LogP contribution is -2.29. The van der Waals surface area contributed by atoms with Gasteiger partial charge in [-0.25, -0.2) is 18.6 Å². The third-order valence-corrected chi connectivity index (χ3v) is 3.28. The van der Waals surface area contributed by atoms with Crippen LogP contribution in [0.25, 0.3) is 0 Å². The Balaban J connectivity index is 2.52. The van der Waals surface area contributed by atoms with Gasteiger partial charge in [0.1, 0.15) is 17.5 Å². The quantitative estimate of drug-likeness (QED) is 0.669. The minimum absolute atomic E-state index is 0.176. The summed E-state index contributed by atoms with van der Waals surface area (Å²) in [6.07, 6.45) is 0. The van der Waals surface area contributed by atoms with Gasteiger partial charge in [-0.05, 0) is 42.7 Å². The Kier molecular flexibility index (Phi) is 4.11. The maximum Gasteiger partial charge on any atom is 0.131 e. The highest BCUT2D eigenvalue weighted by atomic mass is 19.1. The summed E-state index contributed by atoms with van der Waals surface area (Å²) < 4.78 is 40.8. The average molecular weight is 280 g/mol. The number of hydrazine groups is 1.